The van der Waals surface area contributed by atoms with Crippen molar-refractivity contribution in [3.8, 4) is 0 Å². The van der Waals surface area contributed by atoms with E-state index in [1.54, 1.807) is 7.15 Å². The molecule has 1 aromatic rings. The monoisotopic (exact) mass is 372 g/mol. The Balaban J connectivity index is 0.000000280. The van der Waals surface area contributed by atoms with E-state index in [4.69, 9.17) is 0 Å². The van der Waals surface area contributed by atoms with Gasteiger partial charge in [-0.25, -0.2) is 0 Å². The fraction of sp³-hybridized carbons (Fsp3) is 0.333. The molecular formula is C12H14BF4I. The van der Waals surface area contributed by atoms with Crippen LogP contribution in [0.1, 0.15) is 25.7 Å². The van der Waals surface area contributed by atoms with Gasteiger partial charge in [0.2, 0.25) is 0 Å². The zero-order valence-corrected chi connectivity index (χ0v) is 11.9. The maximum atomic E-state index is 9.75. The number of rotatable bonds is 2. The molecule has 1 aromatic carbocycles. The van der Waals surface area contributed by atoms with Gasteiger partial charge < -0.3 is 17.3 Å². The molecular weight excluding hydrogens is 358 g/mol. The predicted octanol–water partition coefficient (Wildman–Crippen LogP) is 1.70. The summed E-state index contributed by atoms with van der Waals surface area (Å²) in [6, 6.07) is 10.9. The van der Waals surface area contributed by atoms with Crippen LogP contribution in [0.2, 0.25) is 0 Å². The van der Waals surface area contributed by atoms with Crippen LogP contribution in [0.15, 0.2) is 40.0 Å². The molecule has 0 saturated carbocycles. The third-order valence-electron chi connectivity index (χ3n) is 2.20. The van der Waals surface area contributed by atoms with Crippen LogP contribution in [0.25, 0.3) is 0 Å². The summed E-state index contributed by atoms with van der Waals surface area (Å²) in [7, 11) is -6.00. The molecule has 0 aliphatic heterocycles. The maximum absolute atomic E-state index is 9.75. The molecule has 0 bridgehead atoms. The Kier molecular flexibility index (Phi) is 6.74. The fourth-order valence-corrected chi connectivity index (χ4v) is 4.26. The summed E-state index contributed by atoms with van der Waals surface area (Å²) in [5.74, 6) is 0. The minimum Gasteiger partial charge on any atom is -0.418 e. The van der Waals surface area contributed by atoms with E-state index in [2.05, 4.69) is 36.4 Å². The predicted molar refractivity (Wildman–Crippen MR) is 61.9 cm³/mol. The van der Waals surface area contributed by atoms with E-state index in [0.29, 0.717) is 0 Å². The molecule has 0 amide bonds. The Morgan fingerprint density at radius 2 is 1.56 bits per heavy atom. The summed E-state index contributed by atoms with van der Waals surface area (Å²) in [5, 5.41) is 0. The molecule has 0 atom stereocenters. The highest BCUT2D eigenvalue weighted by molar-refractivity contribution is 6.50. The summed E-state index contributed by atoms with van der Waals surface area (Å²) in [4.78, 5) is 0. The smallest absolute Gasteiger partial charge is 0.418 e. The third kappa shape index (κ3) is 8.55. The molecule has 0 radical (unpaired) electrons. The molecule has 6 heteroatoms. The van der Waals surface area contributed by atoms with Gasteiger partial charge in [0.05, 0.1) is 0 Å². The van der Waals surface area contributed by atoms with Gasteiger partial charge in [-0.1, -0.05) is 18.2 Å². The quantitative estimate of drug-likeness (QED) is 0.422. The van der Waals surface area contributed by atoms with Crippen molar-refractivity contribution < 1.29 is 38.5 Å². The maximum Gasteiger partial charge on any atom is 0.673 e. The second kappa shape index (κ2) is 7.81. The van der Waals surface area contributed by atoms with Crippen molar-refractivity contribution in [3.05, 3.63) is 43.6 Å². The summed E-state index contributed by atoms with van der Waals surface area (Å²) in [5.41, 5.74) is 0. The van der Waals surface area contributed by atoms with Crippen LogP contribution in [-0.2, 0) is 0 Å². The van der Waals surface area contributed by atoms with E-state index in [1.165, 1.54) is 25.7 Å². The van der Waals surface area contributed by atoms with E-state index in [1.807, 2.05) is 0 Å². The highest BCUT2D eigenvalue weighted by Gasteiger charge is 2.20. The molecule has 0 spiro atoms. The lowest BCUT2D eigenvalue weighted by Crippen LogP contribution is -3.61. The van der Waals surface area contributed by atoms with Crippen LogP contribution in [0.5, 0.6) is 0 Å². The number of allylic oxidation sites excluding steroid dienone is 2. The molecule has 0 saturated heterocycles. The average molecular weight is 372 g/mol. The Morgan fingerprint density at radius 1 is 0.944 bits per heavy atom. The number of benzene rings is 1. The Hall–Kier alpha value is -0.525. The summed E-state index contributed by atoms with van der Waals surface area (Å²) >= 11 is 0.167. The van der Waals surface area contributed by atoms with Crippen LogP contribution in [0.3, 0.4) is 0 Å². The number of hydrogen-bond acceptors (Lipinski definition) is 0. The van der Waals surface area contributed by atoms with Crippen LogP contribution in [-0.4, -0.2) is 7.25 Å². The highest BCUT2D eigenvalue weighted by Crippen LogP contribution is 2.10. The van der Waals surface area contributed by atoms with Gasteiger partial charge in [-0.15, -0.1) is 0 Å². The van der Waals surface area contributed by atoms with Gasteiger partial charge in [-0.05, 0) is 37.5 Å². The van der Waals surface area contributed by atoms with Crippen molar-refractivity contribution >= 4 is 7.25 Å². The normalized spacial score (nSPS) is 15.4. The summed E-state index contributed by atoms with van der Waals surface area (Å²) < 4.78 is 42.3. The lowest BCUT2D eigenvalue weighted by molar-refractivity contribution is -0.579. The van der Waals surface area contributed by atoms with Crippen LogP contribution < -0.4 is 21.2 Å². The van der Waals surface area contributed by atoms with Crippen molar-refractivity contribution in [1.82, 2.24) is 0 Å². The molecule has 0 fully saturated rings. The second-order valence-electron chi connectivity index (χ2n) is 3.78. The average Bonchev–Trinajstić information content (AvgIpc) is 2.29. The van der Waals surface area contributed by atoms with E-state index >= 15 is 0 Å². The minimum absolute atomic E-state index is 0.167. The van der Waals surface area contributed by atoms with Gasteiger partial charge in [0.25, 0.3) is 0 Å². The zero-order chi connectivity index (χ0) is 13.4. The Labute approximate surface area is 115 Å². The van der Waals surface area contributed by atoms with E-state index < -0.39 is 7.25 Å². The molecule has 0 aromatic heterocycles. The van der Waals surface area contributed by atoms with Crippen molar-refractivity contribution in [2.75, 3.05) is 0 Å². The fourth-order valence-electron chi connectivity index (χ4n) is 1.50. The van der Waals surface area contributed by atoms with Gasteiger partial charge in [-0.2, -0.15) is 0 Å². The molecule has 2 rings (SSSR count). The van der Waals surface area contributed by atoms with Crippen LogP contribution in [0.4, 0.5) is 17.3 Å². The van der Waals surface area contributed by atoms with Gasteiger partial charge in [-0.3, -0.25) is 0 Å². The minimum atomic E-state index is -6.00. The van der Waals surface area contributed by atoms with E-state index in [0.717, 1.165) is 0 Å². The van der Waals surface area contributed by atoms with Crippen LogP contribution in [0, 0.1) is 3.57 Å². The molecule has 1 aliphatic carbocycles. The SMILES string of the molecule is C1=C([I+]c2ccccc2)CCCC1.F[B-](F)(F)F. The first-order chi connectivity index (χ1) is 8.45. The largest absolute Gasteiger partial charge is 0.673 e. The molecule has 0 heterocycles. The van der Waals surface area contributed by atoms with Gasteiger partial charge in [0, 0.05) is 6.42 Å². The zero-order valence-electron chi connectivity index (χ0n) is 9.76. The highest BCUT2D eigenvalue weighted by atomic mass is 127. The van der Waals surface area contributed by atoms with Gasteiger partial charge in [0.1, 0.15) is 0 Å². The lowest BCUT2D eigenvalue weighted by Gasteiger charge is -2.01. The molecule has 0 nitrogen and oxygen atoms in total. The first-order valence-electron chi connectivity index (χ1n) is 5.71. The number of halogens is 5. The van der Waals surface area contributed by atoms with E-state index in [9.17, 15) is 17.3 Å². The standard InChI is InChI=1S/C12H14I.BF4/c1-3-7-11(8-4-1)13-12-9-5-2-6-10-12;2-1(3,4)5/h1,3-4,7-9H,2,5-6,10H2;/q+1;-1. The molecule has 100 valence electrons. The molecule has 1 aliphatic rings. The summed E-state index contributed by atoms with van der Waals surface area (Å²) in [6.07, 6.45) is 7.98. The third-order valence-corrected chi connectivity index (χ3v) is 5.21. The number of hydrogen-bond donors (Lipinski definition) is 0. The van der Waals surface area contributed by atoms with E-state index in [-0.39, 0.29) is 21.2 Å². The van der Waals surface area contributed by atoms with Gasteiger partial charge >= 0.3 is 28.5 Å². The van der Waals surface area contributed by atoms with Crippen molar-refractivity contribution in [2.24, 2.45) is 0 Å². The van der Waals surface area contributed by atoms with Crippen molar-refractivity contribution in [2.45, 2.75) is 25.7 Å². The first-order valence-corrected chi connectivity index (χ1v) is 7.87. The molecule has 0 unspecified atom stereocenters. The van der Waals surface area contributed by atoms with Crippen molar-refractivity contribution in [1.29, 1.82) is 0 Å². The Morgan fingerprint density at radius 3 is 2.06 bits per heavy atom. The molecule has 0 N–H and O–H groups in total. The Bertz CT molecular complexity index is 369. The second-order valence-corrected chi connectivity index (χ2v) is 6.95. The van der Waals surface area contributed by atoms with Crippen molar-refractivity contribution in [3.63, 3.8) is 0 Å². The lowest BCUT2D eigenvalue weighted by atomic mass is 10.1. The topological polar surface area (TPSA) is 0 Å². The molecule has 18 heavy (non-hydrogen) atoms. The van der Waals surface area contributed by atoms with Gasteiger partial charge in [0.15, 0.2) is 7.15 Å². The van der Waals surface area contributed by atoms with Crippen LogP contribution >= 0.6 is 0 Å². The first kappa shape index (κ1) is 15.5. The summed E-state index contributed by atoms with van der Waals surface area (Å²) in [6.45, 7) is 0.